The summed E-state index contributed by atoms with van der Waals surface area (Å²) in [5.41, 5.74) is 0.324. The number of rotatable bonds is 5. The standard InChI is InChI=1S/C11H10F3N5OS/c12-11(13,14)6-21-9-4-2-1-3-8(9)16-10(20)5-19-7-15-17-18-19/h1-4,7H,5-6H2,(H,16,20). The lowest BCUT2D eigenvalue weighted by molar-refractivity contribution is -0.117. The Bertz CT molecular complexity index is 602. The van der Waals surface area contributed by atoms with Crippen LogP contribution in [0.4, 0.5) is 18.9 Å². The molecule has 1 N–H and O–H groups in total. The zero-order chi connectivity index (χ0) is 15.3. The molecule has 2 rings (SSSR count). The highest BCUT2D eigenvalue weighted by Crippen LogP contribution is 2.32. The van der Waals surface area contributed by atoms with Gasteiger partial charge in [0.15, 0.2) is 0 Å². The van der Waals surface area contributed by atoms with Crippen LogP contribution in [-0.4, -0.2) is 38.0 Å². The van der Waals surface area contributed by atoms with Gasteiger partial charge in [-0.3, -0.25) is 4.79 Å². The first-order valence-corrected chi connectivity index (χ1v) is 6.72. The van der Waals surface area contributed by atoms with Crippen LogP contribution >= 0.6 is 11.8 Å². The van der Waals surface area contributed by atoms with Crippen molar-refractivity contribution in [2.45, 2.75) is 17.6 Å². The minimum absolute atomic E-state index is 0.120. The Labute approximate surface area is 121 Å². The van der Waals surface area contributed by atoms with Gasteiger partial charge in [-0.2, -0.15) is 13.2 Å². The molecule has 0 fully saturated rings. The normalized spacial score (nSPS) is 11.4. The first-order valence-electron chi connectivity index (χ1n) is 5.73. The summed E-state index contributed by atoms with van der Waals surface area (Å²) in [6, 6.07) is 6.29. The lowest BCUT2D eigenvalue weighted by Gasteiger charge is -2.11. The monoisotopic (exact) mass is 317 g/mol. The van der Waals surface area contributed by atoms with E-state index in [0.717, 1.165) is 0 Å². The highest BCUT2D eigenvalue weighted by Gasteiger charge is 2.27. The Balaban J connectivity index is 2.00. The van der Waals surface area contributed by atoms with Crippen molar-refractivity contribution in [1.29, 1.82) is 0 Å². The van der Waals surface area contributed by atoms with Crippen molar-refractivity contribution in [3.63, 3.8) is 0 Å². The van der Waals surface area contributed by atoms with E-state index in [0.29, 0.717) is 22.3 Å². The van der Waals surface area contributed by atoms with Crippen molar-refractivity contribution in [2.24, 2.45) is 0 Å². The number of anilines is 1. The Morgan fingerprint density at radius 3 is 2.76 bits per heavy atom. The Morgan fingerprint density at radius 2 is 2.10 bits per heavy atom. The molecule has 0 aliphatic rings. The largest absolute Gasteiger partial charge is 0.398 e. The molecule has 0 aliphatic carbocycles. The predicted molar refractivity (Wildman–Crippen MR) is 69.7 cm³/mol. The second-order valence-electron chi connectivity index (χ2n) is 3.96. The van der Waals surface area contributed by atoms with Crippen molar-refractivity contribution in [2.75, 3.05) is 11.1 Å². The number of aromatic nitrogens is 4. The third-order valence-corrected chi connectivity index (χ3v) is 3.39. The van der Waals surface area contributed by atoms with Crippen LogP contribution in [0.25, 0.3) is 0 Å². The number of benzene rings is 1. The molecule has 10 heteroatoms. The molecule has 6 nitrogen and oxygen atoms in total. The van der Waals surface area contributed by atoms with E-state index in [1.807, 2.05) is 0 Å². The number of amides is 1. The van der Waals surface area contributed by atoms with Gasteiger partial charge in [0.25, 0.3) is 0 Å². The fourth-order valence-corrected chi connectivity index (χ4v) is 2.21. The number of alkyl halides is 3. The van der Waals surface area contributed by atoms with E-state index in [-0.39, 0.29) is 6.54 Å². The molecule has 112 valence electrons. The molecule has 0 bridgehead atoms. The summed E-state index contributed by atoms with van der Waals surface area (Å²) in [5.74, 6) is -1.45. The molecule has 0 saturated heterocycles. The maximum absolute atomic E-state index is 12.3. The van der Waals surface area contributed by atoms with Gasteiger partial charge in [0.2, 0.25) is 5.91 Å². The van der Waals surface area contributed by atoms with E-state index in [4.69, 9.17) is 0 Å². The Kier molecular flexibility index (Phi) is 4.78. The van der Waals surface area contributed by atoms with Gasteiger partial charge in [-0.15, -0.1) is 16.9 Å². The zero-order valence-electron chi connectivity index (χ0n) is 10.5. The summed E-state index contributed by atoms with van der Waals surface area (Å²) >= 11 is 0.617. The molecule has 1 amide bonds. The van der Waals surface area contributed by atoms with Crippen LogP contribution in [0, 0.1) is 0 Å². The molecule has 2 aromatic rings. The molecule has 0 aliphatic heterocycles. The number of carbonyl (C=O) groups excluding carboxylic acids is 1. The quantitative estimate of drug-likeness (QED) is 0.854. The van der Waals surface area contributed by atoms with E-state index in [1.165, 1.54) is 23.1 Å². The summed E-state index contributed by atoms with van der Waals surface area (Å²) in [4.78, 5) is 12.1. The summed E-state index contributed by atoms with van der Waals surface area (Å²) in [6.07, 6.45) is -3.00. The number of carbonyl (C=O) groups is 1. The molecule has 1 aromatic carbocycles. The minimum atomic E-state index is -4.27. The Morgan fingerprint density at radius 1 is 1.33 bits per heavy atom. The molecule has 0 radical (unpaired) electrons. The number of hydrogen-bond acceptors (Lipinski definition) is 5. The molecule has 1 heterocycles. The van der Waals surface area contributed by atoms with Crippen LogP contribution in [0.1, 0.15) is 0 Å². The fourth-order valence-electron chi connectivity index (χ4n) is 1.44. The van der Waals surface area contributed by atoms with Crippen molar-refractivity contribution >= 4 is 23.4 Å². The third-order valence-electron chi connectivity index (χ3n) is 2.25. The molecule has 0 unspecified atom stereocenters. The molecule has 0 spiro atoms. The number of nitrogens with one attached hydrogen (secondary N) is 1. The van der Waals surface area contributed by atoms with Crippen LogP contribution in [0.2, 0.25) is 0 Å². The van der Waals surface area contributed by atoms with E-state index >= 15 is 0 Å². The molecule has 0 atom stereocenters. The number of para-hydroxylation sites is 1. The van der Waals surface area contributed by atoms with Gasteiger partial charge >= 0.3 is 6.18 Å². The van der Waals surface area contributed by atoms with Crippen LogP contribution in [-0.2, 0) is 11.3 Å². The molecular formula is C11H10F3N5OS. The van der Waals surface area contributed by atoms with Gasteiger partial charge in [-0.25, -0.2) is 4.68 Å². The van der Waals surface area contributed by atoms with Crippen molar-refractivity contribution in [3.8, 4) is 0 Å². The van der Waals surface area contributed by atoms with Gasteiger partial charge in [-0.05, 0) is 22.6 Å². The summed E-state index contributed by atoms with van der Waals surface area (Å²) in [5, 5.41) is 12.8. The van der Waals surface area contributed by atoms with Gasteiger partial charge < -0.3 is 5.32 Å². The lowest BCUT2D eigenvalue weighted by atomic mass is 10.3. The summed E-state index contributed by atoms with van der Waals surface area (Å²) in [6.45, 7) is -0.120. The van der Waals surface area contributed by atoms with E-state index in [9.17, 15) is 18.0 Å². The molecule has 0 saturated carbocycles. The first kappa shape index (κ1) is 15.3. The number of thioether (sulfide) groups is 1. The zero-order valence-corrected chi connectivity index (χ0v) is 11.4. The van der Waals surface area contributed by atoms with E-state index in [1.54, 1.807) is 12.1 Å². The summed E-state index contributed by atoms with van der Waals surface area (Å²) in [7, 11) is 0. The SMILES string of the molecule is O=C(Cn1cnnn1)Nc1ccccc1SCC(F)(F)F. The Hall–Kier alpha value is -2.10. The second-order valence-corrected chi connectivity index (χ2v) is 4.97. The van der Waals surface area contributed by atoms with Crippen LogP contribution in [0.5, 0.6) is 0 Å². The van der Waals surface area contributed by atoms with E-state index < -0.39 is 17.8 Å². The average molecular weight is 317 g/mol. The van der Waals surface area contributed by atoms with Crippen LogP contribution in [0.3, 0.4) is 0 Å². The number of hydrogen-bond donors (Lipinski definition) is 1. The number of halogens is 3. The molecule has 21 heavy (non-hydrogen) atoms. The van der Waals surface area contributed by atoms with Gasteiger partial charge in [0.05, 0.1) is 11.4 Å². The topological polar surface area (TPSA) is 72.7 Å². The smallest absolute Gasteiger partial charge is 0.323 e. The fraction of sp³-hybridized carbons (Fsp3) is 0.273. The number of tetrazole rings is 1. The molecular weight excluding hydrogens is 307 g/mol. The highest BCUT2D eigenvalue weighted by molar-refractivity contribution is 7.99. The third kappa shape index (κ3) is 5.06. The van der Waals surface area contributed by atoms with Crippen LogP contribution in [0.15, 0.2) is 35.5 Å². The second kappa shape index (κ2) is 6.57. The number of nitrogens with zero attached hydrogens (tertiary/aromatic N) is 4. The van der Waals surface area contributed by atoms with Crippen molar-refractivity contribution in [3.05, 3.63) is 30.6 Å². The lowest BCUT2D eigenvalue weighted by Crippen LogP contribution is -2.19. The minimum Gasteiger partial charge on any atom is -0.323 e. The molecule has 1 aromatic heterocycles. The first-order chi connectivity index (χ1) is 9.94. The van der Waals surface area contributed by atoms with Crippen LogP contribution < -0.4 is 5.32 Å². The van der Waals surface area contributed by atoms with Crippen molar-refractivity contribution in [1.82, 2.24) is 20.2 Å². The maximum atomic E-state index is 12.3. The predicted octanol–water partition coefficient (Wildman–Crippen LogP) is 1.97. The maximum Gasteiger partial charge on any atom is 0.398 e. The van der Waals surface area contributed by atoms with Crippen molar-refractivity contribution < 1.29 is 18.0 Å². The van der Waals surface area contributed by atoms with Gasteiger partial charge in [0, 0.05) is 4.90 Å². The van der Waals surface area contributed by atoms with Gasteiger partial charge in [0.1, 0.15) is 12.9 Å². The highest BCUT2D eigenvalue weighted by atomic mass is 32.2. The van der Waals surface area contributed by atoms with Gasteiger partial charge in [-0.1, -0.05) is 12.1 Å². The van der Waals surface area contributed by atoms with E-state index in [2.05, 4.69) is 20.8 Å². The summed E-state index contributed by atoms with van der Waals surface area (Å²) < 4.78 is 38.0. The average Bonchev–Trinajstić information content (AvgIpc) is 2.89.